The highest BCUT2D eigenvalue weighted by atomic mass is 16.5. The van der Waals surface area contributed by atoms with Crippen LogP contribution in [-0.4, -0.2) is 77.7 Å². The van der Waals surface area contributed by atoms with Crippen LogP contribution in [0, 0.1) is 5.92 Å². The Morgan fingerprint density at radius 1 is 1.28 bits per heavy atom. The second kappa shape index (κ2) is 11.5. The van der Waals surface area contributed by atoms with Gasteiger partial charge in [-0.3, -0.25) is 9.58 Å². The molecule has 2 atom stereocenters. The van der Waals surface area contributed by atoms with E-state index in [-0.39, 0.29) is 6.54 Å². The summed E-state index contributed by atoms with van der Waals surface area (Å²) in [5.74, 6) is 1.36. The number of ether oxygens (including phenoxy) is 1. The van der Waals surface area contributed by atoms with Crippen LogP contribution < -0.4 is 10.6 Å². The first-order chi connectivity index (χ1) is 13.9. The summed E-state index contributed by atoms with van der Waals surface area (Å²) in [6.45, 7) is 13.8. The Labute approximate surface area is 175 Å². The predicted octanol–water partition coefficient (Wildman–Crippen LogP) is 1.32. The van der Waals surface area contributed by atoms with Gasteiger partial charge in [-0.05, 0) is 19.8 Å². The standard InChI is InChI=1S/C21H40N6O2/c1-6-17(7-2)19(27-9-11-29-12-10-27)14-23-20(22-8-3)24-16-21(4,28)18-13-25-26(5)15-18/h13,15,17,19,28H,6-12,14,16H2,1-5H3,(H2,22,23,24). The lowest BCUT2D eigenvalue weighted by Gasteiger charge is -2.39. The molecule has 0 spiro atoms. The maximum Gasteiger partial charge on any atom is 0.191 e. The fourth-order valence-electron chi connectivity index (χ4n) is 3.90. The van der Waals surface area contributed by atoms with Crippen molar-refractivity contribution in [2.75, 3.05) is 45.9 Å². The van der Waals surface area contributed by atoms with Gasteiger partial charge in [0.25, 0.3) is 0 Å². The van der Waals surface area contributed by atoms with Crippen molar-refractivity contribution in [1.29, 1.82) is 0 Å². The van der Waals surface area contributed by atoms with Gasteiger partial charge in [0, 0.05) is 51.0 Å². The van der Waals surface area contributed by atoms with Crippen LogP contribution in [0.1, 0.15) is 46.1 Å². The number of aliphatic imine (C=N–C) groups is 1. The van der Waals surface area contributed by atoms with Crippen LogP contribution in [0.3, 0.4) is 0 Å². The van der Waals surface area contributed by atoms with Gasteiger partial charge in [0.2, 0.25) is 0 Å². The number of morpholine rings is 1. The van der Waals surface area contributed by atoms with Gasteiger partial charge in [0.15, 0.2) is 5.96 Å². The van der Waals surface area contributed by atoms with E-state index in [1.54, 1.807) is 17.8 Å². The molecule has 2 unspecified atom stereocenters. The molecular weight excluding hydrogens is 368 g/mol. The Kier molecular flexibility index (Phi) is 9.39. The summed E-state index contributed by atoms with van der Waals surface area (Å²) < 4.78 is 7.24. The average molecular weight is 409 g/mol. The van der Waals surface area contributed by atoms with Gasteiger partial charge < -0.3 is 20.5 Å². The summed E-state index contributed by atoms with van der Waals surface area (Å²) in [6.07, 6.45) is 5.84. The minimum Gasteiger partial charge on any atom is -0.383 e. The van der Waals surface area contributed by atoms with Crippen molar-refractivity contribution in [2.45, 2.75) is 52.2 Å². The van der Waals surface area contributed by atoms with E-state index in [2.05, 4.69) is 46.4 Å². The highest BCUT2D eigenvalue weighted by Gasteiger charge is 2.28. The lowest BCUT2D eigenvalue weighted by molar-refractivity contribution is 0.00270. The van der Waals surface area contributed by atoms with Crippen LogP contribution in [0.15, 0.2) is 17.4 Å². The lowest BCUT2D eigenvalue weighted by atomic mass is 9.92. The van der Waals surface area contributed by atoms with Crippen molar-refractivity contribution < 1.29 is 9.84 Å². The van der Waals surface area contributed by atoms with E-state index in [1.807, 2.05) is 13.2 Å². The van der Waals surface area contributed by atoms with Crippen LogP contribution in [0.2, 0.25) is 0 Å². The van der Waals surface area contributed by atoms with E-state index in [0.717, 1.165) is 63.8 Å². The van der Waals surface area contributed by atoms with Crippen LogP contribution in [-0.2, 0) is 17.4 Å². The Morgan fingerprint density at radius 2 is 1.97 bits per heavy atom. The number of aliphatic hydroxyl groups is 1. The molecule has 1 aromatic heterocycles. The van der Waals surface area contributed by atoms with E-state index < -0.39 is 5.60 Å². The third-order valence-electron chi connectivity index (χ3n) is 5.80. The fraction of sp³-hybridized carbons (Fsp3) is 0.810. The minimum atomic E-state index is -1.06. The third kappa shape index (κ3) is 6.97. The summed E-state index contributed by atoms with van der Waals surface area (Å²) in [5, 5.41) is 21.8. The van der Waals surface area contributed by atoms with E-state index in [4.69, 9.17) is 4.74 Å². The average Bonchev–Trinajstić information content (AvgIpc) is 3.17. The Hall–Kier alpha value is -1.64. The topological polar surface area (TPSA) is 86.9 Å². The molecule has 3 N–H and O–H groups in total. The number of rotatable bonds is 10. The zero-order valence-corrected chi connectivity index (χ0v) is 18.8. The van der Waals surface area contributed by atoms with E-state index >= 15 is 0 Å². The molecule has 0 aromatic carbocycles. The Morgan fingerprint density at radius 3 is 2.52 bits per heavy atom. The lowest BCUT2D eigenvalue weighted by Crippen LogP contribution is -2.53. The van der Waals surface area contributed by atoms with Gasteiger partial charge in [-0.15, -0.1) is 0 Å². The maximum atomic E-state index is 10.8. The van der Waals surface area contributed by atoms with E-state index in [1.165, 1.54) is 0 Å². The molecule has 2 heterocycles. The number of guanidine groups is 1. The zero-order valence-electron chi connectivity index (χ0n) is 18.8. The number of hydrogen-bond donors (Lipinski definition) is 3. The molecule has 1 aliphatic rings. The van der Waals surface area contributed by atoms with Crippen LogP contribution >= 0.6 is 0 Å². The molecule has 1 aliphatic heterocycles. The molecule has 0 amide bonds. The zero-order chi connectivity index (χ0) is 21.3. The molecule has 1 aromatic rings. The Balaban J connectivity index is 2.05. The van der Waals surface area contributed by atoms with E-state index in [9.17, 15) is 5.11 Å². The predicted molar refractivity (Wildman–Crippen MR) is 117 cm³/mol. The quantitative estimate of drug-likeness (QED) is 0.400. The number of aromatic nitrogens is 2. The molecule has 8 heteroatoms. The van der Waals surface area contributed by atoms with Gasteiger partial charge in [-0.25, -0.2) is 4.99 Å². The second-order valence-electron chi connectivity index (χ2n) is 8.04. The fourth-order valence-corrected chi connectivity index (χ4v) is 3.90. The number of aryl methyl sites for hydroxylation is 1. The van der Waals surface area contributed by atoms with Crippen molar-refractivity contribution in [3.8, 4) is 0 Å². The first-order valence-electron chi connectivity index (χ1n) is 11.0. The second-order valence-corrected chi connectivity index (χ2v) is 8.04. The number of nitrogens with zero attached hydrogens (tertiary/aromatic N) is 4. The highest BCUT2D eigenvalue weighted by Crippen LogP contribution is 2.21. The Bertz CT molecular complexity index is 620. The smallest absolute Gasteiger partial charge is 0.191 e. The molecule has 166 valence electrons. The molecule has 0 bridgehead atoms. The van der Waals surface area contributed by atoms with Crippen molar-refractivity contribution in [3.63, 3.8) is 0 Å². The maximum absolute atomic E-state index is 10.8. The largest absolute Gasteiger partial charge is 0.383 e. The summed E-state index contributed by atoms with van der Waals surface area (Å²) in [7, 11) is 1.85. The van der Waals surface area contributed by atoms with Crippen LogP contribution in [0.4, 0.5) is 0 Å². The third-order valence-corrected chi connectivity index (χ3v) is 5.80. The van der Waals surface area contributed by atoms with Gasteiger partial charge in [0.05, 0.1) is 26.0 Å². The van der Waals surface area contributed by atoms with Gasteiger partial charge in [-0.1, -0.05) is 26.7 Å². The molecule has 0 radical (unpaired) electrons. The van der Waals surface area contributed by atoms with Gasteiger partial charge in [-0.2, -0.15) is 5.10 Å². The van der Waals surface area contributed by atoms with Crippen molar-refractivity contribution in [3.05, 3.63) is 18.0 Å². The van der Waals surface area contributed by atoms with Crippen LogP contribution in [0.5, 0.6) is 0 Å². The van der Waals surface area contributed by atoms with Crippen molar-refractivity contribution in [2.24, 2.45) is 18.0 Å². The highest BCUT2D eigenvalue weighted by molar-refractivity contribution is 5.79. The summed E-state index contributed by atoms with van der Waals surface area (Å²) in [5.41, 5.74) is -0.293. The van der Waals surface area contributed by atoms with Gasteiger partial charge >= 0.3 is 0 Å². The molecule has 8 nitrogen and oxygen atoms in total. The first-order valence-corrected chi connectivity index (χ1v) is 11.0. The number of nitrogens with one attached hydrogen (secondary N) is 2. The molecule has 0 saturated carbocycles. The van der Waals surface area contributed by atoms with E-state index in [0.29, 0.717) is 12.0 Å². The number of hydrogen-bond acceptors (Lipinski definition) is 5. The molecule has 1 fully saturated rings. The SMILES string of the molecule is CCNC(=NCC(C)(O)c1cnn(C)c1)NCC(C(CC)CC)N1CCOCC1. The molecule has 2 rings (SSSR count). The summed E-state index contributed by atoms with van der Waals surface area (Å²) in [4.78, 5) is 7.21. The normalized spacial score (nSPS) is 19.2. The molecule has 29 heavy (non-hydrogen) atoms. The first kappa shape index (κ1) is 23.6. The van der Waals surface area contributed by atoms with Crippen molar-refractivity contribution in [1.82, 2.24) is 25.3 Å². The minimum absolute atomic E-state index is 0.265. The van der Waals surface area contributed by atoms with Gasteiger partial charge in [0.1, 0.15) is 5.60 Å². The summed E-state index contributed by atoms with van der Waals surface area (Å²) >= 11 is 0. The summed E-state index contributed by atoms with van der Waals surface area (Å²) in [6, 6.07) is 0.441. The van der Waals surface area contributed by atoms with Crippen LogP contribution in [0.25, 0.3) is 0 Å². The van der Waals surface area contributed by atoms with Crippen molar-refractivity contribution >= 4 is 5.96 Å². The monoisotopic (exact) mass is 408 g/mol. The molecule has 1 saturated heterocycles. The molecule has 0 aliphatic carbocycles. The molecular formula is C21H40N6O2.